The molecule has 0 fully saturated rings. The number of nitrogens with one attached hydrogen (secondary N) is 1. The first-order valence-corrected chi connectivity index (χ1v) is 6.02. The van der Waals surface area contributed by atoms with Crippen molar-refractivity contribution in [3.63, 3.8) is 0 Å². The molecule has 0 unspecified atom stereocenters. The van der Waals surface area contributed by atoms with Crippen molar-refractivity contribution >= 4 is 22.8 Å². The highest BCUT2D eigenvalue weighted by molar-refractivity contribution is 6.28. The van der Waals surface area contributed by atoms with Crippen LogP contribution in [0.2, 0.25) is 5.28 Å². The molecule has 18 heavy (non-hydrogen) atoms. The van der Waals surface area contributed by atoms with Crippen LogP contribution in [0.3, 0.4) is 0 Å². The molecule has 7 heteroatoms. The lowest BCUT2D eigenvalue weighted by Crippen LogP contribution is -2.37. The minimum Gasteiger partial charge on any atom is -0.313 e. The number of aryl methyl sites for hydroxylation is 1. The highest BCUT2D eigenvalue weighted by atomic mass is 35.5. The molecular formula is C11H13ClN4O2. The van der Waals surface area contributed by atoms with Crippen LogP contribution in [0.15, 0.2) is 15.8 Å². The Labute approximate surface area is 108 Å². The van der Waals surface area contributed by atoms with Gasteiger partial charge in [0.25, 0.3) is 0 Å². The molecule has 0 amide bonds. The molecule has 0 aliphatic rings. The lowest BCUT2D eigenvalue weighted by molar-refractivity contribution is 0.512. The van der Waals surface area contributed by atoms with Crippen LogP contribution >= 0.6 is 11.6 Å². The van der Waals surface area contributed by atoms with Gasteiger partial charge in [0.05, 0.1) is 6.20 Å². The van der Waals surface area contributed by atoms with Crippen molar-refractivity contribution in [3.8, 4) is 0 Å². The van der Waals surface area contributed by atoms with Crippen molar-refractivity contribution in [2.45, 2.75) is 26.8 Å². The third-order valence-corrected chi connectivity index (χ3v) is 2.79. The Morgan fingerprint density at radius 2 is 2.17 bits per heavy atom. The summed E-state index contributed by atoms with van der Waals surface area (Å²) >= 11 is 5.72. The standard InChI is InChI=1S/C11H13ClN4O2/c1-6(2)3-4-16-8-7(5-13-11(12)15-8)14-9(17)10(16)18/h5-6H,3-4H2,1-2H3,(H,14,17). The summed E-state index contributed by atoms with van der Waals surface area (Å²) in [7, 11) is 0. The molecule has 0 aliphatic carbocycles. The fourth-order valence-corrected chi connectivity index (χ4v) is 1.76. The normalized spacial score (nSPS) is 11.3. The molecule has 2 heterocycles. The van der Waals surface area contributed by atoms with E-state index in [4.69, 9.17) is 11.6 Å². The second kappa shape index (κ2) is 4.89. The first-order valence-electron chi connectivity index (χ1n) is 5.64. The molecule has 96 valence electrons. The van der Waals surface area contributed by atoms with Gasteiger partial charge in [0, 0.05) is 6.54 Å². The molecule has 0 saturated carbocycles. The number of aromatic nitrogens is 4. The summed E-state index contributed by atoms with van der Waals surface area (Å²) in [5.41, 5.74) is -0.511. The van der Waals surface area contributed by atoms with E-state index in [2.05, 4.69) is 15.0 Å². The number of halogens is 1. The third kappa shape index (κ3) is 2.43. The highest BCUT2D eigenvalue weighted by Gasteiger charge is 2.10. The van der Waals surface area contributed by atoms with Gasteiger partial charge in [-0.15, -0.1) is 0 Å². The van der Waals surface area contributed by atoms with Crippen molar-refractivity contribution in [1.29, 1.82) is 0 Å². The largest absolute Gasteiger partial charge is 0.317 e. The molecule has 0 spiro atoms. The number of rotatable bonds is 3. The van der Waals surface area contributed by atoms with Gasteiger partial charge in [-0.25, -0.2) is 4.98 Å². The quantitative estimate of drug-likeness (QED) is 0.669. The van der Waals surface area contributed by atoms with E-state index in [0.29, 0.717) is 23.6 Å². The van der Waals surface area contributed by atoms with Gasteiger partial charge in [-0.1, -0.05) is 13.8 Å². The fourth-order valence-electron chi connectivity index (χ4n) is 1.64. The average molecular weight is 269 g/mol. The van der Waals surface area contributed by atoms with E-state index < -0.39 is 11.1 Å². The van der Waals surface area contributed by atoms with Crippen LogP contribution in [-0.4, -0.2) is 19.5 Å². The van der Waals surface area contributed by atoms with Gasteiger partial charge in [0.1, 0.15) is 5.52 Å². The lowest BCUT2D eigenvalue weighted by atomic mass is 10.1. The van der Waals surface area contributed by atoms with E-state index in [1.54, 1.807) is 0 Å². The molecule has 0 radical (unpaired) electrons. The Kier molecular flexibility index (Phi) is 3.47. The third-order valence-electron chi connectivity index (χ3n) is 2.61. The molecule has 0 saturated heterocycles. The van der Waals surface area contributed by atoms with Crippen molar-refractivity contribution in [2.75, 3.05) is 0 Å². The van der Waals surface area contributed by atoms with Gasteiger partial charge in [-0.2, -0.15) is 4.98 Å². The Bertz CT molecular complexity index is 689. The summed E-state index contributed by atoms with van der Waals surface area (Å²) in [5.74, 6) is 0.420. The summed E-state index contributed by atoms with van der Waals surface area (Å²) in [4.78, 5) is 33.6. The smallest absolute Gasteiger partial charge is 0.313 e. The van der Waals surface area contributed by atoms with E-state index in [1.807, 2.05) is 13.8 Å². The molecule has 2 aromatic rings. The zero-order valence-electron chi connectivity index (χ0n) is 10.1. The van der Waals surface area contributed by atoms with E-state index in [1.165, 1.54) is 10.8 Å². The molecule has 0 aliphatic heterocycles. The van der Waals surface area contributed by atoms with Gasteiger partial charge in [0.15, 0.2) is 5.65 Å². The summed E-state index contributed by atoms with van der Waals surface area (Å²) in [6.45, 7) is 4.52. The summed E-state index contributed by atoms with van der Waals surface area (Å²) in [6, 6.07) is 0. The minimum absolute atomic E-state index is 0.0484. The summed E-state index contributed by atoms with van der Waals surface area (Å²) in [6.07, 6.45) is 2.18. The summed E-state index contributed by atoms with van der Waals surface area (Å²) < 4.78 is 1.35. The van der Waals surface area contributed by atoms with Gasteiger partial charge >= 0.3 is 11.1 Å². The minimum atomic E-state index is -0.669. The van der Waals surface area contributed by atoms with Gasteiger partial charge in [-0.3, -0.25) is 14.2 Å². The van der Waals surface area contributed by atoms with E-state index in [0.717, 1.165) is 6.42 Å². The highest BCUT2D eigenvalue weighted by Crippen LogP contribution is 2.09. The van der Waals surface area contributed by atoms with Gasteiger partial charge < -0.3 is 4.98 Å². The van der Waals surface area contributed by atoms with E-state index >= 15 is 0 Å². The Morgan fingerprint density at radius 1 is 1.44 bits per heavy atom. The molecular weight excluding hydrogens is 256 g/mol. The van der Waals surface area contributed by atoms with E-state index in [-0.39, 0.29) is 5.28 Å². The number of H-pyrrole nitrogens is 1. The lowest BCUT2D eigenvalue weighted by Gasteiger charge is -2.09. The van der Waals surface area contributed by atoms with Crippen LogP contribution in [0.5, 0.6) is 0 Å². The van der Waals surface area contributed by atoms with Crippen LogP contribution in [0.1, 0.15) is 20.3 Å². The van der Waals surface area contributed by atoms with Crippen LogP contribution in [-0.2, 0) is 6.54 Å². The van der Waals surface area contributed by atoms with Crippen molar-refractivity contribution in [2.24, 2.45) is 5.92 Å². The Morgan fingerprint density at radius 3 is 2.83 bits per heavy atom. The van der Waals surface area contributed by atoms with Crippen LogP contribution in [0.25, 0.3) is 11.2 Å². The van der Waals surface area contributed by atoms with Crippen molar-refractivity contribution in [3.05, 3.63) is 32.2 Å². The van der Waals surface area contributed by atoms with Gasteiger partial charge in [-0.05, 0) is 23.9 Å². The number of hydrogen-bond acceptors (Lipinski definition) is 4. The monoisotopic (exact) mass is 268 g/mol. The maximum atomic E-state index is 11.8. The zero-order chi connectivity index (χ0) is 13.3. The summed E-state index contributed by atoms with van der Waals surface area (Å²) in [5, 5.41) is 0.0484. The number of hydrogen-bond donors (Lipinski definition) is 1. The first-order chi connectivity index (χ1) is 8.49. The van der Waals surface area contributed by atoms with E-state index in [9.17, 15) is 9.59 Å². The molecule has 0 aromatic carbocycles. The topological polar surface area (TPSA) is 80.6 Å². The Balaban J connectivity index is 2.67. The predicted octanol–water partition coefficient (Wildman–Crippen LogP) is 1.18. The van der Waals surface area contributed by atoms with Crippen molar-refractivity contribution in [1.82, 2.24) is 19.5 Å². The second-order valence-corrected chi connectivity index (χ2v) is 4.81. The maximum absolute atomic E-state index is 11.8. The average Bonchev–Trinajstić information content (AvgIpc) is 2.30. The second-order valence-electron chi connectivity index (χ2n) is 4.47. The fraction of sp³-hybridized carbons (Fsp3) is 0.455. The molecule has 1 N–H and O–H groups in total. The molecule has 2 aromatic heterocycles. The molecule has 2 rings (SSSR count). The number of fused-ring (bicyclic) bond motifs is 1. The molecule has 6 nitrogen and oxygen atoms in total. The van der Waals surface area contributed by atoms with Crippen LogP contribution in [0.4, 0.5) is 0 Å². The van der Waals surface area contributed by atoms with Crippen molar-refractivity contribution < 1.29 is 0 Å². The molecule has 0 bridgehead atoms. The Hall–Kier alpha value is -1.69. The maximum Gasteiger partial charge on any atom is 0.317 e. The number of nitrogens with zero attached hydrogens (tertiary/aromatic N) is 3. The van der Waals surface area contributed by atoms with Gasteiger partial charge in [0.2, 0.25) is 5.28 Å². The van der Waals surface area contributed by atoms with Crippen LogP contribution in [0, 0.1) is 5.92 Å². The zero-order valence-corrected chi connectivity index (χ0v) is 10.9. The molecule has 0 atom stereocenters. The number of aromatic amines is 1. The van der Waals surface area contributed by atoms with Crippen LogP contribution < -0.4 is 11.1 Å². The first kappa shape index (κ1) is 12.8. The SMILES string of the molecule is CC(C)CCn1c(=O)c(=O)[nH]c2cnc(Cl)nc21. The predicted molar refractivity (Wildman–Crippen MR) is 68.9 cm³/mol.